The first-order valence-corrected chi connectivity index (χ1v) is 11.7. The highest BCUT2D eigenvalue weighted by Crippen LogP contribution is 2.29. The third-order valence-corrected chi connectivity index (χ3v) is 5.88. The largest absolute Gasteiger partial charge is 0.395 e. The molecule has 0 saturated heterocycles. The van der Waals surface area contributed by atoms with Crippen LogP contribution >= 0.6 is 11.6 Å². The number of hydrogen-bond acceptors (Lipinski definition) is 3. The maximum Gasteiger partial charge on any atom is 0.244 e. The summed E-state index contributed by atoms with van der Waals surface area (Å²) in [5.74, 6) is -0.625. The van der Waals surface area contributed by atoms with Crippen LogP contribution in [0.5, 0.6) is 0 Å². The second kappa shape index (κ2) is 11.1. The van der Waals surface area contributed by atoms with Gasteiger partial charge in [-0.25, -0.2) is 9.07 Å². The van der Waals surface area contributed by atoms with Crippen LogP contribution in [0.4, 0.5) is 4.39 Å². The third-order valence-electron chi connectivity index (χ3n) is 5.57. The summed E-state index contributed by atoms with van der Waals surface area (Å²) in [5.41, 5.74) is 5.74. The Morgan fingerprint density at radius 3 is 2.60 bits per heavy atom. The van der Waals surface area contributed by atoms with E-state index in [1.165, 1.54) is 23.8 Å². The van der Waals surface area contributed by atoms with Crippen LogP contribution in [-0.4, -0.2) is 33.9 Å². The van der Waals surface area contributed by atoms with Gasteiger partial charge in [-0.2, -0.15) is 5.10 Å². The molecule has 0 aliphatic carbocycles. The van der Waals surface area contributed by atoms with E-state index in [9.17, 15) is 9.18 Å². The van der Waals surface area contributed by atoms with Crippen LogP contribution in [-0.2, 0) is 4.79 Å². The zero-order valence-electron chi connectivity index (χ0n) is 19.2. The third kappa shape index (κ3) is 5.85. The number of carbonyl (C=O) groups is 1. The normalized spacial score (nSPS) is 11.9. The molecule has 4 rings (SSSR count). The lowest BCUT2D eigenvalue weighted by molar-refractivity contribution is -0.116. The first-order valence-electron chi connectivity index (χ1n) is 11.3. The number of hydrogen-bond donors (Lipinski definition) is 2. The second-order valence-electron chi connectivity index (χ2n) is 7.96. The van der Waals surface area contributed by atoms with Crippen LogP contribution in [0.2, 0.25) is 5.02 Å². The van der Waals surface area contributed by atoms with Crippen molar-refractivity contribution < 1.29 is 14.3 Å². The lowest BCUT2D eigenvalue weighted by Crippen LogP contribution is -2.24. The van der Waals surface area contributed by atoms with E-state index in [1.54, 1.807) is 23.0 Å². The average molecular weight is 490 g/mol. The number of rotatable bonds is 8. The molecule has 178 valence electrons. The van der Waals surface area contributed by atoms with Gasteiger partial charge in [0.05, 0.1) is 29.0 Å². The maximum absolute atomic E-state index is 13.4. The Morgan fingerprint density at radius 1 is 1.11 bits per heavy atom. The number of amides is 1. The van der Waals surface area contributed by atoms with Gasteiger partial charge in [0.2, 0.25) is 5.91 Å². The van der Waals surface area contributed by atoms with Crippen LogP contribution in [0.1, 0.15) is 30.0 Å². The van der Waals surface area contributed by atoms with Crippen LogP contribution in [0.15, 0.2) is 72.9 Å². The average Bonchev–Trinajstić information content (AvgIpc) is 3.28. The van der Waals surface area contributed by atoms with Crippen molar-refractivity contribution in [3.05, 3.63) is 100 Å². The zero-order chi connectivity index (χ0) is 24.8. The van der Waals surface area contributed by atoms with Gasteiger partial charge in [0, 0.05) is 18.0 Å². The summed E-state index contributed by atoms with van der Waals surface area (Å²) < 4.78 is 15.2. The zero-order valence-corrected chi connectivity index (χ0v) is 20.0. The summed E-state index contributed by atoms with van der Waals surface area (Å²) >= 11 is 6.24. The van der Waals surface area contributed by atoms with Gasteiger partial charge in [-0.15, -0.1) is 0 Å². The predicted molar refractivity (Wildman–Crippen MR) is 140 cm³/mol. The lowest BCUT2D eigenvalue weighted by Gasteiger charge is -2.09. The van der Waals surface area contributed by atoms with Crippen molar-refractivity contribution in [2.75, 3.05) is 13.2 Å². The molecular weight excluding hydrogens is 465 g/mol. The number of halogens is 2. The molecule has 0 unspecified atom stereocenters. The van der Waals surface area contributed by atoms with Gasteiger partial charge in [0.15, 0.2) is 0 Å². The Hall–Kier alpha value is -3.74. The van der Waals surface area contributed by atoms with Gasteiger partial charge in [0.1, 0.15) is 5.82 Å². The highest BCUT2D eigenvalue weighted by atomic mass is 35.5. The summed E-state index contributed by atoms with van der Waals surface area (Å²) in [6, 6.07) is 18.3. The Morgan fingerprint density at radius 2 is 1.89 bits per heavy atom. The molecule has 35 heavy (non-hydrogen) atoms. The van der Waals surface area contributed by atoms with Gasteiger partial charge in [-0.3, -0.25) is 4.79 Å². The first kappa shape index (κ1) is 24.4. The molecule has 0 spiro atoms. The fraction of sp³-hybridized carbons (Fsp3) is 0.143. The van der Waals surface area contributed by atoms with Crippen LogP contribution in [0.25, 0.3) is 34.3 Å². The van der Waals surface area contributed by atoms with E-state index in [1.807, 2.05) is 30.3 Å². The fourth-order valence-corrected chi connectivity index (χ4v) is 4.03. The number of benzene rings is 3. The number of carbonyl (C=O) groups excluding carboxylic acids is 1. The monoisotopic (exact) mass is 489 g/mol. The Bertz CT molecular complexity index is 1410. The lowest BCUT2D eigenvalue weighted by atomic mass is 9.99. The van der Waals surface area contributed by atoms with Crippen LogP contribution < -0.4 is 5.32 Å². The van der Waals surface area contributed by atoms with Gasteiger partial charge in [-0.1, -0.05) is 54.9 Å². The Labute approximate surface area is 208 Å². The molecule has 3 aromatic carbocycles. The Balaban J connectivity index is 1.56. The molecule has 0 aliphatic rings. The molecule has 1 aromatic heterocycles. The molecule has 2 N–H and O–H groups in total. The smallest absolute Gasteiger partial charge is 0.244 e. The minimum absolute atomic E-state index is 0.0851. The first-order chi connectivity index (χ1) is 17.0. The van der Waals surface area contributed by atoms with E-state index < -0.39 is 0 Å². The molecule has 0 aliphatic heterocycles. The minimum Gasteiger partial charge on any atom is -0.395 e. The number of nitrogens with one attached hydrogen (secondary N) is 1. The van der Waals surface area contributed by atoms with E-state index in [0.717, 1.165) is 34.0 Å². The van der Waals surface area contributed by atoms with E-state index in [0.29, 0.717) is 10.7 Å². The number of fused-ring (bicyclic) bond motifs is 1. The quantitative estimate of drug-likeness (QED) is 0.239. The van der Waals surface area contributed by atoms with Crippen molar-refractivity contribution in [2.24, 2.45) is 0 Å². The van der Waals surface area contributed by atoms with Gasteiger partial charge in [-0.05, 0) is 65.1 Å². The van der Waals surface area contributed by atoms with Gasteiger partial charge in [0.25, 0.3) is 0 Å². The van der Waals surface area contributed by atoms with Crippen molar-refractivity contribution in [1.29, 1.82) is 0 Å². The number of aromatic nitrogens is 2. The molecular formula is C28H25ClFN3O2. The van der Waals surface area contributed by atoms with Crippen molar-refractivity contribution in [3.8, 4) is 5.69 Å². The van der Waals surface area contributed by atoms with Crippen molar-refractivity contribution in [2.45, 2.75) is 13.3 Å². The fourth-order valence-electron chi connectivity index (χ4n) is 3.78. The van der Waals surface area contributed by atoms with Crippen molar-refractivity contribution in [3.63, 3.8) is 0 Å². The highest BCUT2D eigenvalue weighted by molar-refractivity contribution is 6.32. The van der Waals surface area contributed by atoms with Crippen LogP contribution in [0.3, 0.4) is 0 Å². The van der Waals surface area contributed by atoms with Crippen LogP contribution in [0, 0.1) is 5.82 Å². The number of aliphatic hydroxyl groups is 1. The summed E-state index contributed by atoms with van der Waals surface area (Å²) in [6.07, 6.45) is 7.95. The number of aliphatic hydroxyl groups excluding tert-OH is 1. The van der Waals surface area contributed by atoms with Crippen molar-refractivity contribution in [1.82, 2.24) is 15.1 Å². The minimum atomic E-state index is -0.386. The Kier molecular flexibility index (Phi) is 7.75. The molecule has 5 nitrogen and oxygen atoms in total. The molecule has 1 amide bonds. The molecule has 0 bridgehead atoms. The van der Waals surface area contributed by atoms with E-state index in [-0.39, 0.29) is 24.9 Å². The maximum atomic E-state index is 13.4. The van der Waals surface area contributed by atoms with Crippen molar-refractivity contribution >= 4 is 46.1 Å². The van der Waals surface area contributed by atoms with Gasteiger partial charge < -0.3 is 10.4 Å². The SMILES string of the molecule is CC/C(=C\c1ccc(/C=C/C(=O)NCCO)cc1)c1ccc2c(cnn2-c2ccc(F)cc2Cl)c1. The van der Waals surface area contributed by atoms with E-state index in [2.05, 4.69) is 35.5 Å². The molecule has 0 saturated carbocycles. The molecule has 7 heteroatoms. The summed E-state index contributed by atoms with van der Waals surface area (Å²) in [4.78, 5) is 11.6. The topological polar surface area (TPSA) is 67.2 Å². The molecule has 0 fully saturated rings. The number of allylic oxidation sites excluding steroid dienone is 1. The summed E-state index contributed by atoms with van der Waals surface area (Å²) in [5, 5.41) is 17.1. The second-order valence-corrected chi connectivity index (χ2v) is 8.37. The highest BCUT2D eigenvalue weighted by Gasteiger charge is 2.11. The number of nitrogens with zero attached hydrogens (tertiary/aromatic N) is 2. The summed E-state index contributed by atoms with van der Waals surface area (Å²) in [7, 11) is 0. The van der Waals surface area contributed by atoms with Gasteiger partial charge >= 0.3 is 0 Å². The molecule has 4 aromatic rings. The molecule has 0 radical (unpaired) electrons. The standard InChI is InChI=1S/C28H25ClFN3O2/c1-2-21(15-20-5-3-19(4-6-20)7-12-28(35)31-13-14-34)22-8-10-26-23(16-22)18-32-33(26)27-11-9-24(30)17-25(27)29/h3-12,15-18,34H,2,13-14H2,1H3,(H,31,35)/b12-7+,21-15+. The molecule has 1 heterocycles. The van der Waals surface area contributed by atoms with E-state index in [4.69, 9.17) is 16.7 Å². The predicted octanol–water partition coefficient (Wildman–Crippen LogP) is 5.89. The molecule has 0 atom stereocenters. The summed E-state index contributed by atoms with van der Waals surface area (Å²) in [6.45, 7) is 2.26. The van der Waals surface area contributed by atoms with E-state index >= 15 is 0 Å².